The summed E-state index contributed by atoms with van der Waals surface area (Å²) in [5.41, 5.74) is 3.92. The number of carbonyl (C=O) groups excluding carboxylic acids is 1. The zero-order valence-electron chi connectivity index (χ0n) is 16.3. The van der Waals surface area contributed by atoms with Crippen LogP contribution in [-0.4, -0.2) is 21.2 Å². The molecule has 5 heteroatoms. The fourth-order valence-electron chi connectivity index (χ4n) is 3.84. The normalized spacial score (nSPS) is 11.9. The lowest BCUT2D eigenvalue weighted by Crippen LogP contribution is -2.40. The molecule has 0 fully saturated rings. The predicted octanol–water partition coefficient (Wildman–Crippen LogP) is 6.24. The predicted molar refractivity (Wildman–Crippen MR) is 118 cm³/mol. The first-order chi connectivity index (χ1) is 13.3. The fourth-order valence-corrected chi connectivity index (χ4v) is 6.05. The van der Waals surface area contributed by atoms with Crippen LogP contribution in [0.2, 0.25) is 24.7 Å². The second-order valence-corrected chi connectivity index (χ2v) is 13.3. The molecule has 0 unspecified atom stereocenters. The molecule has 0 amide bonds. The van der Waals surface area contributed by atoms with E-state index >= 15 is 0 Å². The molecule has 0 spiro atoms. The molecule has 1 aromatic heterocycles. The Labute approximate surface area is 169 Å². The highest BCUT2D eigenvalue weighted by atomic mass is 35.5. The molecule has 3 aromatic carbocycles. The molecule has 0 aliphatic rings. The molecule has 0 bridgehead atoms. The first-order valence-electron chi connectivity index (χ1n) is 9.14. The summed E-state index contributed by atoms with van der Waals surface area (Å²) in [7, 11) is -0.514. The molecule has 3 nitrogen and oxygen atoms in total. The molecule has 28 heavy (non-hydrogen) atoms. The molecule has 1 heterocycles. The Morgan fingerprint density at radius 3 is 2.36 bits per heavy atom. The van der Waals surface area contributed by atoms with Gasteiger partial charge in [-0.15, -0.1) is 0 Å². The molecule has 0 saturated carbocycles. The Morgan fingerprint density at radius 2 is 1.71 bits per heavy atom. The van der Waals surface area contributed by atoms with Crippen molar-refractivity contribution in [3.8, 4) is 11.1 Å². The fraction of sp³-hybridized carbons (Fsp3) is 0.174. The van der Waals surface area contributed by atoms with Crippen LogP contribution in [0.1, 0.15) is 10.4 Å². The number of ether oxygens (including phenoxy) is 1. The third-order valence-electron chi connectivity index (χ3n) is 4.94. The summed E-state index contributed by atoms with van der Waals surface area (Å²) >= 11 is 6.30. The van der Waals surface area contributed by atoms with Gasteiger partial charge in [-0.1, -0.05) is 61.6 Å². The Morgan fingerprint density at radius 1 is 1.00 bits per heavy atom. The summed E-state index contributed by atoms with van der Waals surface area (Å²) in [4.78, 5) is 12.7. The van der Waals surface area contributed by atoms with E-state index in [0.717, 1.165) is 27.5 Å². The molecule has 0 atom stereocenters. The largest absolute Gasteiger partial charge is 0.465 e. The van der Waals surface area contributed by atoms with Gasteiger partial charge in [0.05, 0.1) is 20.7 Å². The molecule has 0 N–H and O–H groups in total. The molecule has 0 aliphatic carbocycles. The van der Waals surface area contributed by atoms with Crippen LogP contribution >= 0.6 is 11.6 Å². The minimum Gasteiger partial charge on any atom is -0.465 e. The Bertz CT molecular complexity index is 1200. The first-order valence-corrected chi connectivity index (χ1v) is 13.0. The standard InChI is InChI=1S/C23H21ClO3Si/c1-26-23(25)17-13-19-21(16-12-15(24)10-11-18(16)27-19)22(28(2,3)4)20(17)14-8-6-5-7-9-14/h5-13H,1-4H3. The Balaban J connectivity index is 2.27. The maximum Gasteiger partial charge on any atom is 0.338 e. The average Bonchev–Trinajstić information content (AvgIpc) is 3.03. The molecular weight excluding hydrogens is 388 g/mol. The number of carbonyl (C=O) groups is 1. The van der Waals surface area contributed by atoms with Crippen molar-refractivity contribution in [3.05, 3.63) is 65.2 Å². The molecule has 0 radical (unpaired) electrons. The lowest BCUT2D eigenvalue weighted by Gasteiger charge is -2.24. The van der Waals surface area contributed by atoms with Gasteiger partial charge in [0.2, 0.25) is 0 Å². The number of benzene rings is 3. The van der Waals surface area contributed by atoms with Gasteiger partial charge in [-0.2, -0.15) is 0 Å². The maximum atomic E-state index is 12.7. The van der Waals surface area contributed by atoms with Crippen molar-refractivity contribution in [2.24, 2.45) is 0 Å². The van der Waals surface area contributed by atoms with Crippen LogP contribution in [0.25, 0.3) is 33.1 Å². The van der Waals surface area contributed by atoms with Gasteiger partial charge in [0.25, 0.3) is 0 Å². The van der Waals surface area contributed by atoms with Crippen LogP contribution in [0.4, 0.5) is 0 Å². The van der Waals surface area contributed by atoms with Gasteiger partial charge < -0.3 is 9.15 Å². The van der Waals surface area contributed by atoms with E-state index in [-0.39, 0.29) is 5.97 Å². The third kappa shape index (κ3) is 3.03. The van der Waals surface area contributed by atoms with Crippen molar-refractivity contribution in [2.45, 2.75) is 19.6 Å². The molecule has 4 aromatic rings. The molecule has 0 aliphatic heterocycles. The lowest BCUT2D eigenvalue weighted by molar-refractivity contribution is 0.0601. The number of methoxy groups -OCH3 is 1. The van der Waals surface area contributed by atoms with Gasteiger partial charge in [0.1, 0.15) is 11.2 Å². The van der Waals surface area contributed by atoms with Crippen LogP contribution in [-0.2, 0) is 4.74 Å². The zero-order chi connectivity index (χ0) is 20.1. The van der Waals surface area contributed by atoms with Gasteiger partial charge in [0.15, 0.2) is 0 Å². The van der Waals surface area contributed by atoms with E-state index in [1.807, 2.05) is 48.5 Å². The smallest absolute Gasteiger partial charge is 0.338 e. The number of fused-ring (bicyclic) bond motifs is 3. The van der Waals surface area contributed by atoms with Crippen LogP contribution < -0.4 is 5.19 Å². The average molecular weight is 409 g/mol. The zero-order valence-corrected chi connectivity index (χ0v) is 18.1. The van der Waals surface area contributed by atoms with Gasteiger partial charge in [-0.25, -0.2) is 4.79 Å². The summed E-state index contributed by atoms with van der Waals surface area (Å²) in [5.74, 6) is -0.362. The highest BCUT2D eigenvalue weighted by Gasteiger charge is 2.31. The third-order valence-corrected chi connectivity index (χ3v) is 7.17. The van der Waals surface area contributed by atoms with Crippen molar-refractivity contribution >= 4 is 52.8 Å². The summed E-state index contributed by atoms with van der Waals surface area (Å²) in [6.07, 6.45) is 0. The maximum absolute atomic E-state index is 12.7. The summed E-state index contributed by atoms with van der Waals surface area (Å²) in [6.45, 7) is 6.83. The van der Waals surface area contributed by atoms with Gasteiger partial charge in [0, 0.05) is 15.8 Å². The lowest BCUT2D eigenvalue weighted by atomic mass is 9.96. The van der Waals surface area contributed by atoms with E-state index in [2.05, 4.69) is 19.6 Å². The van der Waals surface area contributed by atoms with Crippen LogP contribution in [0, 0.1) is 0 Å². The monoisotopic (exact) mass is 408 g/mol. The van der Waals surface area contributed by atoms with Crippen LogP contribution in [0.5, 0.6) is 0 Å². The number of halogens is 1. The van der Waals surface area contributed by atoms with E-state index in [1.54, 1.807) is 6.07 Å². The first kappa shape index (κ1) is 18.8. The van der Waals surface area contributed by atoms with Crippen molar-refractivity contribution in [3.63, 3.8) is 0 Å². The Hall–Kier alpha value is -2.56. The van der Waals surface area contributed by atoms with Crippen molar-refractivity contribution < 1.29 is 13.9 Å². The Kier molecular flexibility index (Phi) is 4.56. The summed E-state index contributed by atoms with van der Waals surface area (Å²) in [5, 5.41) is 3.87. The highest BCUT2D eigenvalue weighted by molar-refractivity contribution is 6.92. The van der Waals surface area contributed by atoms with E-state index in [4.69, 9.17) is 20.8 Å². The molecule has 4 rings (SSSR count). The summed E-state index contributed by atoms with van der Waals surface area (Å²) in [6, 6.07) is 17.5. The SMILES string of the molecule is COC(=O)c1cc2oc3ccc(Cl)cc3c2c([Si](C)(C)C)c1-c1ccccc1. The van der Waals surface area contributed by atoms with Gasteiger partial charge in [-0.05, 0) is 40.6 Å². The van der Waals surface area contributed by atoms with Crippen molar-refractivity contribution in [1.29, 1.82) is 0 Å². The number of rotatable bonds is 3. The second kappa shape index (κ2) is 6.80. The topological polar surface area (TPSA) is 39.4 Å². The minimum absolute atomic E-state index is 0.362. The van der Waals surface area contributed by atoms with Crippen LogP contribution in [0.3, 0.4) is 0 Å². The van der Waals surface area contributed by atoms with Crippen LogP contribution in [0.15, 0.2) is 59.0 Å². The molecule has 0 saturated heterocycles. The van der Waals surface area contributed by atoms with Gasteiger partial charge >= 0.3 is 5.97 Å². The number of hydrogen-bond acceptors (Lipinski definition) is 3. The van der Waals surface area contributed by atoms with E-state index in [9.17, 15) is 4.79 Å². The van der Waals surface area contributed by atoms with Gasteiger partial charge in [-0.3, -0.25) is 0 Å². The highest BCUT2D eigenvalue weighted by Crippen LogP contribution is 2.36. The van der Waals surface area contributed by atoms with E-state index in [1.165, 1.54) is 12.3 Å². The van der Waals surface area contributed by atoms with Crippen molar-refractivity contribution in [2.75, 3.05) is 7.11 Å². The number of esters is 1. The molecule has 142 valence electrons. The number of hydrogen-bond donors (Lipinski definition) is 0. The van der Waals surface area contributed by atoms with E-state index in [0.29, 0.717) is 16.2 Å². The number of furan rings is 1. The van der Waals surface area contributed by atoms with E-state index < -0.39 is 8.07 Å². The quantitative estimate of drug-likeness (QED) is 0.297. The summed E-state index contributed by atoms with van der Waals surface area (Å²) < 4.78 is 11.2. The second-order valence-electron chi connectivity index (χ2n) is 7.90. The minimum atomic E-state index is -1.92. The molecular formula is C23H21ClO3Si. The van der Waals surface area contributed by atoms with Crippen molar-refractivity contribution in [1.82, 2.24) is 0 Å².